The van der Waals surface area contributed by atoms with Gasteiger partial charge in [0.25, 0.3) is 0 Å². The zero-order valence-electron chi connectivity index (χ0n) is 7.30. The van der Waals surface area contributed by atoms with Crippen LogP contribution in [0.3, 0.4) is 0 Å². The van der Waals surface area contributed by atoms with Gasteiger partial charge in [-0.2, -0.15) is 8.42 Å². The summed E-state index contributed by atoms with van der Waals surface area (Å²) in [7, 11) is -3.89. The Morgan fingerprint density at radius 3 is 2.79 bits per heavy atom. The first-order valence-electron chi connectivity index (χ1n) is 3.74. The van der Waals surface area contributed by atoms with Crippen molar-refractivity contribution in [3.8, 4) is 12.3 Å². The van der Waals surface area contributed by atoms with Gasteiger partial charge in [-0.1, -0.05) is 18.1 Å². The third kappa shape index (κ3) is 3.58. The van der Waals surface area contributed by atoms with E-state index in [9.17, 15) is 8.42 Å². The van der Waals surface area contributed by atoms with Gasteiger partial charge in [-0.15, -0.1) is 6.42 Å². The molecule has 0 aliphatic rings. The predicted molar refractivity (Wildman–Crippen MR) is 52.3 cm³/mol. The largest absolute Gasteiger partial charge is 0.333 e. The Labute approximate surface area is 82.9 Å². The molecule has 1 rings (SSSR count). The van der Waals surface area contributed by atoms with Crippen LogP contribution in [0.25, 0.3) is 0 Å². The Balaban J connectivity index is 2.74. The lowest BCUT2D eigenvalue weighted by molar-refractivity contribution is 0.308. The van der Waals surface area contributed by atoms with Gasteiger partial charge in [0.2, 0.25) is 0 Å². The maximum Gasteiger partial charge on any atom is 0.333 e. The molecule has 0 aliphatic carbocycles. The number of rotatable bonds is 3. The first-order chi connectivity index (χ1) is 6.51. The van der Waals surface area contributed by atoms with Gasteiger partial charge in [-0.05, 0) is 17.7 Å². The van der Waals surface area contributed by atoms with Crippen LogP contribution in [-0.2, 0) is 21.1 Å². The Morgan fingerprint density at radius 2 is 2.21 bits per heavy atom. The number of nitrogens with two attached hydrogens (primary N) is 1. The first kappa shape index (κ1) is 10.7. The topological polar surface area (TPSA) is 69.4 Å². The molecule has 5 heteroatoms. The van der Waals surface area contributed by atoms with Crippen LogP contribution in [0.4, 0.5) is 0 Å². The summed E-state index contributed by atoms with van der Waals surface area (Å²) in [6, 6.07) is 6.81. The average molecular weight is 211 g/mol. The van der Waals surface area contributed by atoms with Crippen molar-refractivity contribution in [1.29, 1.82) is 0 Å². The van der Waals surface area contributed by atoms with Crippen LogP contribution in [0.1, 0.15) is 11.1 Å². The van der Waals surface area contributed by atoms with E-state index in [0.717, 1.165) is 0 Å². The Bertz CT molecular complexity index is 459. The SMILES string of the molecule is C#Cc1cccc(COS(N)(=O)=O)c1. The van der Waals surface area contributed by atoms with Crippen molar-refractivity contribution < 1.29 is 12.6 Å². The van der Waals surface area contributed by atoms with Gasteiger partial charge in [-0.3, -0.25) is 4.18 Å². The highest BCUT2D eigenvalue weighted by Gasteiger charge is 2.02. The second-order valence-electron chi connectivity index (χ2n) is 2.60. The molecule has 0 saturated carbocycles. The van der Waals surface area contributed by atoms with E-state index in [0.29, 0.717) is 11.1 Å². The second-order valence-corrected chi connectivity index (χ2v) is 3.82. The van der Waals surface area contributed by atoms with Gasteiger partial charge in [0.05, 0.1) is 6.61 Å². The maximum atomic E-state index is 10.5. The van der Waals surface area contributed by atoms with E-state index in [-0.39, 0.29) is 6.61 Å². The standard InChI is InChI=1S/C9H9NO3S/c1-2-8-4-3-5-9(6-8)7-13-14(10,11)12/h1,3-6H,7H2,(H2,10,11,12). The molecule has 0 unspecified atom stereocenters. The second kappa shape index (κ2) is 4.24. The minimum atomic E-state index is -3.89. The molecular formula is C9H9NO3S. The highest BCUT2D eigenvalue weighted by molar-refractivity contribution is 7.84. The molecule has 0 bridgehead atoms. The maximum absolute atomic E-state index is 10.5. The zero-order valence-corrected chi connectivity index (χ0v) is 8.12. The molecule has 0 heterocycles. The smallest absolute Gasteiger partial charge is 0.253 e. The highest BCUT2D eigenvalue weighted by Crippen LogP contribution is 2.06. The minimum absolute atomic E-state index is 0.103. The van der Waals surface area contributed by atoms with Gasteiger partial charge in [-0.25, -0.2) is 5.14 Å². The van der Waals surface area contributed by atoms with E-state index in [1.807, 2.05) is 0 Å². The summed E-state index contributed by atoms with van der Waals surface area (Å²) in [6.07, 6.45) is 5.17. The van der Waals surface area contributed by atoms with Crippen molar-refractivity contribution in [2.75, 3.05) is 0 Å². The Kier molecular flexibility index (Phi) is 3.25. The van der Waals surface area contributed by atoms with Crippen LogP contribution in [-0.4, -0.2) is 8.42 Å². The highest BCUT2D eigenvalue weighted by atomic mass is 32.2. The molecule has 0 aromatic heterocycles. The zero-order chi connectivity index (χ0) is 10.6. The molecule has 2 N–H and O–H groups in total. The molecule has 0 amide bonds. The van der Waals surface area contributed by atoms with E-state index in [1.165, 1.54) is 0 Å². The molecule has 0 fully saturated rings. The van der Waals surface area contributed by atoms with Crippen molar-refractivity contribution in [1.82, 2.24) is 0 Å². The van der Waals surface area contributed by atoms with Gasteiger partial charge in [0.15, 0.2) is 0 Å². The summed E-state index contributed by atoms with van der Waals surface area (Å²) in [5.74, 6) is 2.43. The fraction of sp³-hybridized carbons (Fsp3) is 0.111. The van der Waals surface area contributed by atoms with Crippen molar-refractivity contribution in [2.24, 2.45) is 5.14 Å². The molecule has 14 heavy (non-hydrogen) atoms. The lowest BCUT2D eigenvalue weighted by atomic mass is 10.1. The average Bonchev–Trinajstić information content (AvgIpc) is 2.14. The van der Waals surface area contributed by atoms with E-state index in [4.69, 9.17) is 6.42 Å². The fourth-order valence-electron chi connectivity index (χ4n) is 0.901. The molecule has 1 aromatic rings. The lowest BCUT2D eigenvalue weighted by Crippen LogP contribution is -2.15. The normalized spacial score (nSPS) is 10.9. The quantitative estimate of drug-likeness (QED) is 0.735. The molecule has 0 spiro atoms. The van der Waals surface area contributed by atoms with Crippen LogP contribution in [0.5, 0.6) is 0 Å². The Morgan fingerprint density at radius 1 is 1.50 bits per heavy atom. The molecule has 0 aliphatic heterocycles. The summed E-state index contributed by atoms with van der Waals surface area (Å²) in [6.45, 7) is -0.103. The molecule has 0 radical (unpaired) electrons. The molecule has 74 valence electrons. The number of hydrogen-bond acceptors (Lipinski definition) is 3. The fourth-order valence-corrected chi connectivity index (χ4v) is 1.20. The monoisotopic (exact) mass is 211 g/mol. The van der Waals surface area contributed by atoms with E-state index in [2.05, 4.69) is 15.2 Å². The third-order valence-electron chi connectivity index (χ3n) is 1.48. The van der Waals surface area contributed by atoms with E-state index < -0.39 is 10.3 Å². The third-order valence-corrected chi connectivity index (χ3v) is 1.93. The number of hydrogen-bond donors (Lipinski definition) is 1. The summed E-state index contributed by atoms with van der Waals surface area (Å²) >= 11 is 0. The molecule has 1 aromatic carbocycles. The summed E-state index contributed by atoms with van der Waals surface area (Å²) in [4.78, 5) is 0. The first-order valence-corrected chi connectivity index (χ1v) is 5.21. The van der Waals surface area contributed by atoms with Crippen molar-refractivity contribution in [2.45, 2.75) is 6.61 Å². The van der Waals surface area contributed by atoms with Gasteiger partial charge >= 0.3 is 10.3 Å². The summed E-state index contributed by atoms with van der Waals surface area (Å²) in [5, 5.41) is 4.66. The lowest BCUT2D eigenvalue weighted by Gasteiger charge is -2.01. The van der Waals surface area contributed by atoms with Gasteiger partial charge in [0.1, 0.15) is 0 Å². The van der Waals surface area contributed by atoms with Crippen LogP contribution in [0.2, 0.25) is 0 Å². The minimum Gasteiger partial charge on any atom is -0.253 e. The van der Waals surface area contributed by atoms with Crippen molar-refractivity contribution in [3.63, 3.8) is 0 Å². The van der Waals surface area contributed by atoms with Crippen LogP contribution in [0, 0.1) is 12.3 Å². The van der Waals surface area contributed by atoms with E-state index >= 15 is 0 Å². The summed E-state index contributed by atoms with van der Waals surface area (Å²) < 4.78 is 25.3. The van der Waals surface area contributed by atoms with Crippen LogP contribution < -0.4 is 5.14 Å². The molecule has 0 saturated heterocycles. The number of benzene rings is 1. The van der Waals surface area contributed by atoms with Crippen molar-refractivity contribution >= 4 is 10.3 Å². The summed E-state index contributed by atoms with van der Waals surface area (Å²) in [5.41, 5.74) is 1.33. The van der Waals surface area contributed by atoms with Crippen molar-refractivity contribution in [3.05, 3.63) is 35.4 Å². The molecule has 0 atom stereocenters. The predicted octanol–water partition coefficient (Wildman–Crippen LogP) is 0.388. The Hall–Kier alpha value is -1.35. The van der Waals surface area contributed by atoms with Gasteiger partial charge in [0, 0.05) is 5.56 Å². The molecular weight excluding hydrogens is 202 g/mol. The number of terminal acetylenes is 1. The van der Waals surface area contributed by atoms with E-state index in [1.54, 1.807) is 24.3 Å². The van der Waals surface area contributed by atoms with Gasteiger partial charge < -0.3 is 0 Å². The van der Waals surface area contributed by atoms with Crippen LogP contribution >= 0.6 is 0 Å². The molecule has 4 nitrogen and oxygen atoms in total. The van der Waals surface area contributed by atoms with Crippen LogP contribution in [0.15, 0.2) is 24.3 Å².